The maximum atomic E-state index is 12.1. The van der Waals surface area contributed by atoms with Crippen molar-refractivity contribution in [3.63, 3.8) is 0 Å². The van der Waals surface area contributed by atoms with Crippen molar-refractivity contribution >= 4 is 5.91 Å². The molecule has 0 radical (unpaired) electrons. The topological polar surface area (TPSA) is 68.5 Å². The van der Waals surface area contributed by atoms with E-state index >= 15 is 0 Å². The summed E-state index contributed by atoms with van der Waals surface area (Å²) in [7, 11) is 0. The zero-order valence-electron chi connectivity index (χ0n) is 13.5. The fourth-order valence-corrected chi connectivity index (χ4v) is 2.70. The first-order valence-electron chi connectivity index (χ1n) is 8.06. The van der Waals surface area contributed by atoms with E-state index in [1.165, 1.54) is 30.1 Å². The molecule has 126 valence electrons. The number of pyridine rings is 1. The van der Waals surface area contributed by atoms with Crippen molar-refractivity contribution in [2.45, 2.75) is 13.1 Å². The summed E-state index contributed by atoms with van der Waals surface area (Å²) in [5.41, 5.74) is 2.77. The molecule has 1 aromatic carbocycles. The normalized spacial score (nSPS) is 15.2. The molecule has 2 heterocycles. The van der Waals surface area contributed by atoms with Crippen LogP contribution in [0.4, 0.5) is 0 Å². The number of carbonyl (C=O) groups is 1. The highest BCUT2D eigenvalue weighted by Gasteiger charge is 2.11. The van der Waals surface area contributed by atoms with Crippen LogP contribution in [0, 0.1) is 5.21 Å². The second-order valence-corrected chi connectivity index (χ2v) is 5.84. The minimum Gasteiger partial charge on any atom is -0.619 e. The lowest BCUT2D eigenvalue weighted by Crippen LogP contribution is -2.35. The zero-order valence-corrected chi connectivity index (χ0v) is 13.5. The molecule has 1 aliphatic rings. The van der Waals surface area contributed by atoms with E-state index in [-0.39, 0.29) is 5.91 Å². The summed E-state index contributed by atoms with van der Waals surface area (Å²) in [6, 6.07) is 11.3. The van der Waals surface area contributed by atoms with Gasteiger partial charge in [0.2, 0.25) is 0 Å². The Morgan fingerprint density at radius 1 is 1.17 bits per heavy atom. The number of hydrogen-bond donors (Lipinski definition) is 1. The molecule has 0 unspecified atom stereocenters. The van der Waals surface area contributed by atoms with Gasteiger partial charge in [0.25, 0.3) is 5.91 Å². The molecule has 1 saturated heterocycles. The molecule has 6 nitrogen and oxygen atoms in total. The molecule has 24 heavy (non-hydrogen) atoms. The third-order valence-corrected chi connectivity index (χ3v) is 4.02. The molecule has 6 heteroatoms. The number of carbonyl (C=O) groups excluding carboxylic acids is 1. The molecule has 0 spiro atoms. The lowest BCUT2D eigenvalue weighted by Gasteiger charge is -2.26. The molecule has 1 N–H and O–H groups in total. The molecule has 1 aromatic heterocycles. The Bertz CT molecular complexity index is 682. The van der Waals surface area contributed by atoms with Crippen molar-refractivity contribution in [3.8, 4) is 0 Å². The highest BCUT2D eigenvalue weighted by Crippen LogP contribution is 2.10. The van der Waals surface area contributed by atoms with Gasteiger partial charge in [0.05, 0.1) is 18.8 Å². The Labute approximate surface area is 141 Å². The van der Waals surface area contributed by atoms with Crippen LogP contribution in [-0.2, 0) is 17.8 Å². The van der Waals surface area contributed by atoms with Crippen molar-refractivity contribution in [1.29, 1.82) is 0 Å². The van der Waals surface area contributed by atoms with Gasteiger partial charge in [0.1, 0.15) is 0 Å². The van der Waals surface area contributed by atoms with Crippen LogP contribution < -0.4 is 10.0 Å². The second-order valence-electron chi connectivity index (χ2n) is 5.84. The summed E-state index contributed by atoms with van der Waals surface area (Å²) in [4.78, 5) is 14.5. The molecule has 0 aliphatic carbocycles. The Kier molecular flexibility index (Phi) is 5.40. The summed E-state index contributed by atoms with van der Waals surface area (Å²) >= 11 is 0. The van der Waals surface area contributed by atoms with Gasteiger partial charge in [0.15, 0.2) is 12.4 Å². The Morgan fingerprint density at radius 3 is 2.62 bits per heavy atom. The molecular weight excluding hydrogens is 306 g/mol. The van der Waals surface area contributed by atoms with Crippen molar-refractivity contribution in [1.82, 2.24) is 10.2 Å². The van der Waals surface area contributed by atoms with E-state index in [1.807, 2.05) is 12.1 Å². The minimum atomic E-state index is -0.186. The van der Waals surface area contributed by atoms with E-state index in [0.29, 0.717) is 16.8 Å². The molecule has 1 fully saturated rings. The molecule has 0 saturated carbocycles. The van der Waals surface area contributed by atoms with Gasteiger partial charge in [-0.2, -0.15) is 4.73 Å². The monoisotopic (exact) mass is 327 g/mol. The Balaban J connectivity index is 1.56. The highest BCUT2D eigenvalue weighted by atomic mass is 16.5. The summed E-state index contributed by atoms with van der Waals surface area (Å²) in [5, 5.41) is 13.9. The molecule has 1 aliphatic heterocycles. The number of nitrogens with one attached hydrogen (secondary N) is 1. The highest BCUT2D eigenvalue weighted by molar-refractivity contribution is 5.93. The molecule has 0 atom stereocenters. The number of hydrogen-bond acceptors (Lipinski definition) is 4. The third kappa shape index (κ3) is 4.53. The van der Waals surface area contributed by atoms with Gasteiger partial charge in [-0.15, -0.1) is 0 Å². The second kappa shape index (κ2) is 7.90. The van der Waals surface area contributed by atoms with Crippen molar-refractivity contribution in [3.05, 3.63) is 70.7 Å². The van der Waals surface area contributed by atoms with E-state index in [9.17, 15) is 10.0 Å². The fraction of sp³-hybridized carbons (Fsp3) is 0.333. The summed E-state index contributed by atoms with van der Waals surface area (Å²) in [5.74, 6) is -0.186. The predicted molar refractivity (Wildman–Crippen MR) is 89.1 cm³/mol. The molecule has 1 amide bonds. The van der Waals surface area contributed by atoms with E-state index in [0.717, 1.165) is 38.4 Å². The first-order valence-corrected chi connectivity index (χ1v) is 8.06. The fourth-order valence-electron chi connectivity index (χ4n) is 2.70. The van der Waals surface area contributed by atoms with E-state index < -0.39 is 0 Å². The van der Waals surface area contributed by atoms with Crippen LogP contribution in [0.1, 0.15) is 21.5 Å². The maximum Gasteiger partial charge on any atom is 0.252 e. The zero-order chi connectivity index (χ0) is 16.8. The first-order chi connectivity index (χ1) is 11.7. The minimum absolute atomic E-state index is 0.186. The number of aromatic nitrogens is 1. The first kappa shape index (κ1) is 16.4. The van der Waals surface area contributed by atoms with E-state index in [4.69, 9.17) is 4.74 Å². The Hall–Kier alpha value is -2.44. The van der Waals surface area contributed by atoms with Gasteiger partial charge in [-0.3, -0.25) is 9.69 Å². The van der Waals surface area contributed by atoms with Crippen LogP contribution in [0.25, 0.3) is 0 Å². The molecule has 3 rings (SSSR count). The summed E-state index contributed by atoms with van der Waals surface area (Å²) in [6.45, 7) is 4.84. The van der Waals surface area contributed by atoms with Gasteiger partial charge < -0.3 is 15.3 Å². The standard InChI is InChI=1S/C18H21N3O3/c22-18(17-4-6-21(23)7-5-17)19-13-15-2-1-3-16(12-15)14-20-8-10-24-11-9-20/h1-7,12H,8-11,13-14H2,(H,19,22). The van der Waals surface area contributed by atoms with Gasteiger partial charge >= 0.3 is 0 Å². The van der Waals surface area contributed by atoms with Gasteiger partial charge in [-0.1, -0.05) is 24.3 Å². The SMILES string of the molecule is O=C(NCc1cccc(CN2CCOCC2)c1)c1cc[n+]([O-])cc1. The number of ether oxygens (including phenoxy) is 1. The van der Waals surface area contributed by atoms with Crippen LogP contribution in [0.15, 0.2) is 48.8 Å². The van der Waals surface area contributed by atoms with Crippen molar-refractivity contribution in [2.24, 2.45) is 0 Å². The van der Waals surface area contributed by atoms with Crippen LogP contribution in [0.2, 0.25) is 0 Å². The van der Waals surface area contributed by atoms with Crippen LogP contribution in [0.3, 0.4) is 0 Å². The predicted octanol–water partition coefficient (Wildman–Crippen LogP) is 1.08. The summed E-state index contributed by atoms with van der Waals surface area (Å²) in [6.07, 6.45) is 2.63. The number of nitrogens with zero attached hydrogens (tertiary/aromatic N) is 2. The lowest BCUT2D eigenvalue weighted by atomic mass is 10.1. The number of amides is 1. The third-order valence-electron chi connectivity index (χ3n) is 4.02. The number of morpholine rings is 1. The van der Waals surface area contributed by atoms with Gasteiger partial charge in [-0.25, -0.2) is 0 Å². The largest absolute Gasteiger partial charge is 0.619 e. The van der Waals surface area contributed by atoms with Crippen LogP contribution in [-0.4, -0.2) is 37.1 Å². The Morgan fingerprint density at radius 2 is 1.88 bits per heavy atom. The molecular formula is C18H21N3O3. The summed E-state index contributed by atoms with van der Waals surface area (Å²) < 4.78 is 6.02. The van der Waals surface area contributed by atoms with Gasteiger partial charge in [-0.05, 0) is 11.1 Å². The average molecular weight is 327 g/mol. The average Bonchev–Trinajstić information content (AvgIpc) is 2.61. The van der Waals surface area contributed by atoms with E-state index in [2.05, 4.69) is 22.3 Å². The van der Waals surface area contributed by atoms with Crippen LogP contribution >= 0.6 is 0 Å². The van der Waals surface area contributed by atoms with E-state index in [1.54, 1.807) is 0 Å². The lowest BCUT2D eigenvalue weighted by molar-refractivity contribution is -0.605. The van der Waals surface area contributed by atoms with Crippen molar-refractivity contribution < 1.29 is 14.3 Å². The quantitative estimate of drug-likeness (QED) is 0.659. The smallest absolute Gasteiger partial charge is 0.252 e. The van der Waals surface area contributed by atoms with Crippen LogP contribution in [0.5, 0.6) is 0 Å². The molecule has 0 bridgehead atoms. The number of rotatable bonds is 5. The molecule has 2 aromatic rings. The van der Waals surface area contributed by atoms with Crippen molar-refractivity contribution in [2.75, 3.05) is 26.3 Å². The maximum absolute atomic E-state index is 12.1. The number of benzene rings is 1. The van der Waals surface area contributed by atoms with Gasteiger partial charge in [0, 0.05) is 38.3 Å².